The molecular weight excluding hydrogens is 423 g/mol. The van der Waals surface area contributed by atoms with Crippen molar-refractivity contribution in [1.29, 1.82) is 0 Å². The summed E-state index contributed by atoms with van der Waals surface area (Å²) < 4.78 is 11.1. The third kappa shape index (κ3) is 9.63. The van der Waals surface area contributed by atoms with Crippen LogP contribution in [0, 0.1) is 0 Å². The van der Waals surface area contributed by atoms with E-state index >= 15 is 0 Å². The summed E-state index contributed by atoms with van der Waals surface area (Å²) >= 11 is 0. The monoisotopic (exact) mass is 456 g/mol. The third-order valence-electron chi connectivity index (χ3n) is 3.72. The van der Waals surface area contributed by atoms with Crippen LogP contribution in [-0.2, 0) is 14.3 Å². The molecule has 142 valence electrons. The lowest BCUT2D eigenvalue weighted by Crippen LogP contribution is -2.47. The second-order valence-corrected chi connectivity index (χ2v) is 6.27. The summed E-state index contributed by atoms with van der Waals surface area (Å²) in [6, 6.07) is 0.382. The molecule has 0 spiro atoms. The molecule has 0 aromatic carbocycles. The van der Waals surface area contributed by atoms with E-state index in [1.165, 1.54) is 4.90 Å². The average molecular weight is 456 g/mol. The summed E-state index contributed by atoms with van der Waals surface area (Å²) in [5.41, 5.74) is 0. The molecule has 0 aromatic heterocycles. The summed E-state index contributed by atoms with van der Waals surface area (Å²) in [6.45, 7) is 8.39. The number of amides is 1. The zero-order valence-corrected chi connectivity index (χ0v) is 17.8. The Hall–Kier alpha value is -0.610. The molecule has 0 aliphatic carbocycles. The van der Waals surface area contributed by atoms with Crippen LogP contribution in [0.3, 0.4) is 0 Å². The van der Waals surface area contributed by atoms with Crippen molar-refractivity contribution < 1.29 is 14.3 Å². The number of aliphatic imine (C=N–C) groups is 1. The van der Waals surface area contributed by atoms with Gasteiger partial charge in [-0.1, -0.05) is 6.92 Å². The number of hydrogen-bond donors (Lipinski definition) is 2. The lowest BCUT2D eigenvalue weighted by molar-refractivity contribution is -0.127. The molecule has 3 unspecified atom stereocenters. The standard InChI is InChI=1S/C16H32N4O3.HI/c1-6-12(2)18-16(17-9-15(21)20(4)5)19-13(3)10-23-14-7-8-22-11-14;/h12-14H,6-11H2,1-5H3,(H2,17,18,19);1H. The molecule has 7 nitrogen and oxygen atoms in total. The highest BCUT2D eigenvalue weighted by Crippen LogP contribution is 2.08. The quantitative estimate of drug-likeness (QED) is 0.327. The minimum absolute atomic E-state index is 0. The number of nitrogens with one attached hydrogen (secondary N) is 2. The largest absolute Gasteiger partial charge is 0.379 e. The number of hydrogen-bond acceptors (Lipinski definition) is 4. The molecule has 0 bridgehead atoms. The first kappa shape index (κ1) is 23.4. The number of rotatable bonds is 8. The molecule has 1 rings (SSSR count). The van der Waals surface area contributed by atoms with Gasteiger partial charge in [-0.3, -0.25) is 4.79 Å². The zero-order chi connectivity index (χ0) is 17.2. The molecule has 0 aromatic rings. The number of carbonyl (C=O) groups excluding carboxylic acids is 1. The van der Waals surface area contributed by atoms with Gasteiger partial charge in [0.1, 0.15) is 6.54 Å². The van der Waals surface area contributed by atoms with Crippen molar-refractivity contribution in [2.75, 3.05) is 40.5 Å². The van der Waals surface area contributed by atoms with Crippen LogP contribution in [0.4, 0.5) is 0 Å². The summed E-state index contributed by atoms with van der Waals surface area (Å²) in [5, 5.41) is 6.61. The van der Waals surface area contributed by atoms with Crippen molar-refractivity contribution in [2.24, 2.45) is 4.99 Å². The first-order chi connectivity index (χ1) is 10.9. The van der Waals surface area contributed by atoms with E-state index in [0.29, 0.717) is 19.2 Å². The molecule has 8 heteroatoms. The van der Waals surface area contributed by atoms with E-state index in [2.05, 4.69) is 29.5 Å². The highest BCUT2D eigenvalue weighted by molar-refractivity contribution is 14.0. The Balaban J connectivity index is 0.00000529. The summed E-state index contributed by atoms with van der Waals surface area (Å²) in [7, 11) is 3.46. The maximum absolute atomic E-state index is 11.7. The minimum Gasteiger partial charge on any atom is -0.379 e. The van der Waals surface area contributed by atoms with Crippen LogP contribution in [0.25, 0.3) is 0 Å². The molecular formula is C16H33IN4O3. The maximum Gasteiger partial charge on any atom is 0.243 e. The molecule has 1 saturated heterocycles. The van der Waals surface area contributed by atoms with Gasteiger partial charge in [-0.05, 0) is 26.7 Å². The fourth-order valence-electron chi connectivity index (χ4n) is 1.96. The van der Waals surface area contributed by atoms with Crippen molar-refractivity contribution in [1.82, 2.24) is 15.5 Å². The fraction of sp³-hybridized carbons (Fsp3) is 0.875. The number of halogens is 1. The van der Waals surface area contributed by atoms with Crippen LogP contribution in [0.5, 0.6) is 0 Å². The molecule has 1 heterocycles. The average Bonchev–Trinajstić information content (AvgIpc) is 3.03. The van der Waals surface area contributed by atoms with Gasteiger partial charge in [-0.15, -0.1) is 24.0 Å². The number of guanidine groups is 1. The van der Waals surface area contributed by atoms with Crippen LogP contribution in [0.2, 0.25) is 0 Å². The predicted octanol–water partition coefficient (Wildman–Crippen LogP) is 1.22. The normalized spacial score (nSPS) is 20.0. The van der Waals surface area contributed by atoms with Gasteiger partial charge in [-0.25, -0.2) is 4.99 Å². The fourth-order valence-corrected chi connectivity index (χ4v) is 1.96. The van der Waals surface area contributed by atoms with Gasteiger partial charge < -0.3 is 25.0 Å². The first-order valence-corrected chi connectivity index (χ1v) is 8.39. The molecule has 2 N–H and O–H groups in total. The smallest absolute Gasteiger partial charge is 0.243 e. The molecule has 1 aliphatic rings. The molecule has 1 amide bonds. The van der Waals surface area contributed by atoms with Gasteiger partial charge in [0.05, 0.1) is 19.3 Å². The van der Waals surface area contributed by atoms with Gasteiger partial charge in [0, 0.05) is 32.8 Å². The molecule has 0 radical (unpaired) electrons. The Bertz CT molecular complexity index is 388. The Labute approximate surface area is 162 Å². The number of ether oxygens (including phenoxy) is 2. The van der Waals surface area contributed by atoms with Crippen LogP contribution in [0.15, 0.2) is 4.99 Å². The molecule has 24 heavy (non-hydrogen) atoms. The van der Waals surface area contributed by atoms with E-state index in [0.717, 1.165) is 19.4 Å². The van der Waals surface area contributed by atoms with Crippen LogP contribution in [0.1, 0.15) is 33.6 Å². The van der Waals surface area contributed by atoms with Crippen molar-refractivity contribution in [3.05, 3.63) is 0 Å². The van der Waals surface area contributed by atoms with Gasteiger partial charge in [0.25, 0.3) is 0 Å². The highest BCUT2D eigenvalue weighted by atomic mass is 127. The first-order valence-electron chi connectivity index (χ1n) is 8.39. The predicted molar refractivity (Wildman–Crippen MR) is 107 cm³/mol. The molecule has 0 saturated carbocycles. The van der Waals surface area contributed by atoms with Crippen molar-refractivity contribution in [3.63, 3.8) is 0 Å². The van der Waals surface area contributed by atoms with E-state index in [1.54, 1.807) is 14.1 Å². The van der Waals surface area contributed by atoms with E-state index in [-0.39, 0.29) is 54.6 Å². The summed E-state index contributed by atoms with van der Waals surface area (Å²) in [6.07, 6.45) is 2.13. The van der Waals surface area contributed by atoms with Gasteiger partial charge >= 0.3 is 0 Å². The number of carbonyl (C=O) groups is 1. The van der Waals surface area contributed by atoms with Crippen molar-refractivity contribution in [2.45, 2.75) is 51.8 Å². The van der Waals surface area contributed by atoms with E-state index in [9.17, 15) is 4.79 Å². The van der Waals surface area contributed by atoms with E-state index in [4.69, 9.17) is 9.47 Å². The number of nitrogens with zero attached hydrogens (tertiary/aromatic N) is 2. The van der Waals surface area contributed by atoms with Gasteiger partial charge in [-0.2, -0.15) is 0 Å². The van der Waals surface area contributed by atoms with Crippen LogP contribution >= 0.6 is 24.0 Å². The second kappa shape index (κ2) is 12.7. The Kier molecular flexibility index (Phi) is 12.4. The molecule has 1 aliphatic heterocycles. The second-order valence-electron chi connectivity index (χ2n) is 6.27. The minimum atomic E-state index is -0.0257. The van der Waals surface area contributed by atoms with Crippen molar-refractivity contribution in [3.8, 4) is 0 Å². The Morgan fingerprint density at radius 1 is 1.33 bits per heavy atom. The summed E-state index contributed by atoms with van der Waals surface area (Å²) in [4.78, 5) is 17.6. The Morgan fingerprint density at radius 3 is 2.54 bits per heavy atom. The van der Waals surface area contributed by atoms with Crippen molar-refractivity contribution >= 4 is 35.8 Å². The lowest BCUT2D eigenvalue weighted by atomic mass is 10.2. The topological polar surface area (TPSA) is 75.2 Å². The maximum atomic E-state index is 11.7. The Morgan fingerprint density at radius 2 is 2.00 bits per heavy atom. The van der Waals surface area contributed by atoms with Gasteiger partial charge in [0.15, 0.2) is 5.96 Å². The molecule has 3 atom stereocenters. The lowest BCUT2D eigenvalue weighted by Gasteiger charge is -2.22. The highest BCUT2D eigenvalue weighted by Gasteiger charge is 2.17. The van der Waals surface area contributed by atoms with E-state index < -0.39 is 0 Å². The van der Waals surface area contributed by atoms with Crippen LogP contribution < -0.4 is 10.6 Å². The van der Waals surface area contributed by atoms with Gasteiger partial charge in [0.2, 0.25) is 5.91 Å². The third-order valence-corrected chi connectivity index (χ3v) is 3.72. The van der Waals surface area contributed by atoms with E-state index in [1.807, 2.05) is 6.92 Å². The van der Waals surface area contributed by atoms with Crippen LogP contribution in [-0.4, -0.2) is 75.4 Å². The SMILES string of the molecule is CCC(C)NC(=NCC(=O)N(C)C)NC(C)COC1CCOC1.I. The summed E-state index contributed by atoms with van der Waals surface area (Å²) in [5.74, 6) is 0.621. The molecule has 1 fully saturated rings. The zero-order valence-electron chi connectivity index (χ0n) is 15.5. The number of likely N-dealkylation sites (N-methyl/N-ethyl adjacent to an activating group) is 1.